The Morgan fingerprint density at radius 1 is 0.976 bits per heavy atom. The van der Waals surface area contributed by atoms with Crippen LogP contribution in [-0.2, 0) is 18.5 Å². The number of halogens is 4. The summed E-state index contributed by atoms with van der Waals surface area (Å²) in [4.78, 5) is 22.2. The summed E-state index contributed by atoms with van der Waals surface area (Å²) >= 11 is 1.08. The summed E-state index contributed by atoms with van der Waals surface area (Å²) in [5.41, 5.74) is 0.279. The molecule has 0 aliphatic carbocycles. The van der Waals surface area contributed by atoms with E-state index in [9.17, 15) is 22.4 Å². The van der Waals surface area contributed by atoms with Gasteiger partial charge in [-0.2, -0.15) is 18.3 Å². The molecule has 0 N–H and O–H groups in total. The number of fused-ring (bicyclic) bond motifs is 1. The Hall–Kier alpha value is -4.72. The van der Waals surface area contributed by atoms with Crippen LogP contribution in [0, 0.1) is 0 Å². The van der Waals surface area contributed by atoms with Crippen molar-refractivity contribution in [3.63, 3.8) is 0 Å². The average molecular weight is 585 g/mol. The molecule has 5 aromatic rings. The lowest BCUT2D eigenvalue weighted by atomic mass is 10.1. The first-order chi connectivity index (χ1) is 19.8. The minimum atomic E-state index is -4.45. The number of nitrogens with zero attached hydrogens (tertiary/aromatic N) is 6. The Bertz CT molecular complexity index is 1740. The maximum Gasteiger partial charge on any atom is 0.416 e. The van der Waals surface area contributed by atoms with E-state index in [1.807, 2.05) is 12.1 Å². The van der Waals surface area contributed by atoms with E-state index < -0.39 is 17.3 Å². The lowest BCUT2D eigenvalue weighted by Gasteiger charge is -2.12. The van der Waals surface area contributed by atoms with Gasteiger partial charge in [0.05, 0.1) is 37.6 Å². The van der Waals surface area contributed by atoms with Gasteiger partial charge in [0, 0.05) is 11.3 Å². The van der Waals surface area contributed by atoms with Crippen LogP contribution in [0.25, 0.3) is 17.4 Å². The first-order valence-electron chi connectivity index (χ1n) is 11.9. The van der Waals surface area contributed by atoms with Crippen LogP contribution >= 0.6 is 11.8 Å². The molecular weight excluding hydrogens is 564 g/mol. The maximum atomic E-state index is 13.6. The van der Waals surface area contributed by atoms with E-state index in [1.54, 1.807) is 19.2 Å². The average Bonchev–Trinajstić information content (AvgIpc) is 3.38. The number of aromatic nitrogens is 6. The second-order valence-corrected chi connectivity index (χ2v) is 9.43. The molecule has 0 saturated heterocycles. The lowest BCUT2D eigenvalue weighted by Crippen LogP contribution is -2.26. The molecule has 9 nitrogen and oxygen atoms in total. The minimum Gasteiger partial charge on any atom is -0.497 e. The Labute approximate surface area is 234 Å². The second-order valence-electron chi connectivity index (χ2n) is 8.49. The molecule has 0 atom stereocenters. The van der Waals surface area contributed by atoms with Crippen LogP contribution in [0.3, 0.4) is 0 Å². The third-order valence-corrected chi connectivity index (χ3v) is 6.84. The van der Waals surface area contributed by atoms with E-state index in [1.165, 1.54) is 35.3 Å². The van der Waals surface area contributed by atoms with E-state index in [2.05, 4.69) is 20.2 Å². The number of hydrogen-bond acceptors (Lipinski definition) is 8. The molecule has 41 heavy (non-hydrogen) atoms. The summed E-state index contributed by atoms with van der Waals surface area (Å²) in [6.45, 7) is 0.217. The van der Waals surface area contributed by atoms with Gasteiger partial charge in [0.25, 0.3) is 5.56 Å². The number of rotatable bonds is 9. The van der Waals surface area contributed by atoms with E-state index in [0.717, 1.165) is 40.2 Å². The zero-order valence-corrected chi connectivity index (χ0v) is 22.1. The predicted molar refractivity (Wildman–Crippen MR) is 143 cm³/mol. The lowest BCUT2D eigenvalue weighted by molar-refractivity contribution is -0.137. The molecule has 0 bridgehead atoms. The van der Waals surface area contributed by atoms with Gasteiger partial charge in [0.1, 0.15) is 12.4 Å². The molecule has 0 amide bonds. The van der Waals surface area contributed by atoms with Crippen LogP contribution in [0.2, 0.25) is 0 Å². The van der Waals surface area contributed by atoms with Gasteiger partial charge in [0.2, 0.25) is 5.88 Å². The van der Waals surface area contributed by atoms with Gasteiger partial charge >= 0.3 is 6.18 Å². The van der Waals surface area contributed by atoms with Gasteiger partial charge < -0.3 is 9.47 Å². The molecule has 0 aliphatic heterocycles. The molecule has 0 saturated carbocycles. The highest BCUT2D eigenvalue weighted by Crippen LogP contribution is 2.30. The molecular formula is C27H20F4N6O3S. The molecule has 210 valence electrons. The minimum absolute atomic E-state index is 0.000544. The van der Waals surface area contributed by atoms with Crippen molar-refractivity contribution in [3.8, 4) is 17.4 Å². The summed E-state index contributed by atoms with van der Waals surface area (Å²) in [7, 11) is 1.57. The van der Waals surface area contributed by atoms with Crippen LogP contribution < -0.4 is 15.0 Å². The second kappa shape index (κ2) is 11.8. The van der Waals surface area contributed by atoms with E-state index in [0.29, 0.717) is 11.3 Å². The van der Waals surface area contributed by atoms with Gasteiger partial charge in [0.15, 0.2) is 16.5 Å². The van der Waals surface area contributed by atoms with Crippen molar-refractivity contribution in [2.24, 2.45) is 0 Å². The third-order valence-electron chi connectivity index (χ3n) is 5.84. The number of benzene rings is 2. The summed E-state index contributed by atoms with van der Waals surface area (Å²) < 4.78 is 64.8. The first kappa shape index (κ1) is 27.8. The fourth-order valence-corrected chi connectivity index (χ4v) is 4.68. The monoisotopic (exact) mass is 584 g/mol. The normalized spacial score (nSPS) is 11.8. The van der Waals surface area contributed by atoms with Crippen molar-refractivity contribution in [2.45, 2.75) is 23.7 Å². The quantitative estimate of drug-likeness (QED) is 0.165. The molecule has 0 spiro atoms. The van der Waals surface area contributed by atoms with Crippen molar-refractivity contribution in [1.29, 1.82) is 0 Å². The molecule has 0 aliphatic rings. The fourth-order valence-electron chi connectivity index (χ4n) is 3.76. The molecule has 0 unspecified atom stereocenters. The fraction of sp³-hybridized carbons (Fsp3) is 0.148. The molecule has 3 aromatic heterocycles. The molecule has 3 heterocycles. The highest BCUT2D eigenvalue weighted by Gasteiger charge is 2.30. The molecule has 2 aromatic carbocycles. The van der Waals surface area contributed by atoms with Gasteiger partial charge in [-0.05, 0) is 41.5 Å². The first-order valence-corrected chi connectivity index (χ1v) is 12.9. The van der Waals surface area contributed by atoms with Gasteiger partial charge in [-0.1, -0.05) is 36.0 Å². The highest BCUT2D eigenvalue weighted by molar-refractivity contribution is 7.98. The Balaban J connectivity index is 1.44. The van der Waals surface area contributed by atoms with Crippen LogP contribution in [-0.4, -0.2) is 36.5 Å². The summed E-state index contributed by atoms with van der Waals surface area (Å²) in [6, 6.07) is 12.0. The molecule has 0 radical (unpaired) electrons. The van der Waals surface area contributed by atoms with E-state index in [-0.39, 0.29) is 46.6 Å². The van der Waals surface area contributed by atoms with Crippen molar-refractivity contribution < 1.29 is 27.0 Å². The summed E-state index contributed by atoms with van der Waals surface area (Å²) in [5.74, 6) is 1.21. The summed E-state index contributed by atoms with van der Waals surface area (Å²) in [5, 5.41) is 8.56. The SMILES string of the molecule is COc1ccc(COc2cnc(-n3c(SCc4ccc(C(F)(F)F)cc4)nn4ncc(/C=C/F)c4c3=O)cn2)cc1. The Morgan fingerprint density at radius 2 is 1.71 bits per heavy atom. The largest absolute Gasteiger partial charge is 0.497 e. The van der Waals surface area contributed by atoms with E-state index >= 15 is 0 Å². The third kappa shape index (κ3) is 6.22. The molecule has 0 fully saturated rings. The van der Waals surface area contributed by atoms with E-state index in [4.69, 9.17) is 9.47 Å². The Kier molecular flexibility index (Phi) is 8.01. The zero-order valence-electron chi connectivity index (χ0n) is 21.2. The van der Waals surface area contributed by atoms with Gasteiger partial charge in [-0.15, -0.1) is 9.73 Å². The number of ether oxygens (including phenoxy) is 2. The van der Waals surface area contributed by atoms with Crippen molar-refractivity contribution in [3.05, 3.63) is 106 Å². The van der Waals surface area contributed by atoms with Gasteiger partial charge in [-0.25, -0.2) is 18.9 Å². The number of alkyl halides is 3. The van der Waals surface area contributed by atoms with Crippen LogP contribution in [0.15, 0.2) is 83.4 Å². The summed E-state index contributed by atoms with van der Waals surface area (Å²) in [6.07, 6.45) is 0.865. The molecule has 5 rings (SSSR count). The number of hydrogen-bond donors (Lipinski definition) is 0. The number of thioether (sulfide) groups is 1. The standard InChI is InChI=1S/C27H20F4N6O3S/c1-39-21-8-4-17(5-9-21)15-40-23-14-32-22(13-33-23)36-25(38)24-19(10-11-28)12-34-37(24)35-26(36)41-16-18-2-6-20(7-3-18)27(29,30)31/h2-14H,15-16H2,1H3/b11-10+. The Morgan fingerprint density at radius 3 is 2.34 bits per heavy atom. The maximum absolute atomic E-state index is 13.6. The van der Waals surface area contributed by atoms with Crippen molar-refractivity contribution >= 4 is 23.4 Å². The molecule has 14 heteroatoms. The number of methoxy groups -OCH3 is 1. The van der Waals surface area contributed by atoms with Crippen LogP contribution in [0.4, 0.5) is 17.6 Å². The smallest absolute Gasteiger partial charge is 0.416 e. The van der Waals surface area contributed by atoms with Gasteiger partial charge in [-0.3, -0.25) is 4.79 Å². The van der Waals surface area contributed by atoms with Crippen LogP contribution in [0.5, 0.6) is 11.6 Å². The van der Waals surface area contributed by atoms with Crippen LogP contribution in [0.1, 0.15) is 22.3 Å². The topological polar surface area (TPSA) is 96.4 Å². The van der Waals surface area contributed by atoms with Crippen molar-refractivity contribution in [2.75, 3.05) is 7.11 Å². The zero-order chi connectivity index (χ0) is 29.0. The van der Waals surface area contributed by atoms with Crippen molar-refractivity contribution in [1.82, 2.24) is 29.4 Å². The highest BCUT2D eigenvalue weighted by atomic mass is 32.2. The predicted octanol–water partition coefficient (Wildman–Crippen LogP) is 5.51.